The van der Waals surface area contributed by atoms with E-state index in [1.165, 1.54) is 11.8 Å². The summed E-state index contributed by atoms with van der Waals surface area (Å²) in [6.07, 6.45) is 4.14. The number of carbonyl (C=O) groups is 2. The van der Waals surface area contributed by atoms with Gasteiger partial charge in [-0.15, -0.1) is 11.8 Å². The second kappa shape index (κ2) is 11.1. The fourth-order valence-electron chi connectivity index (χ4n) is 1.49. The molecule has 112 valence electrons. The molecule has 0 fully saturated rings. The molecule has 0 aromatic rings. The molecular formula is C13H26N2O3S. The van der Waals surface area contributed by atoms with Crippen LogP contribution in [-0.4, -0.2) is 52.5 Å². The van der Waals surface area contributed by atoms with E-state index in [1.807, 2.05) is 4.90 Å². The molecule has 1 amide bonds. The Morgan fingerprint density at radius 2 is 1.74 bits per heavy atom. The van der Waals surface area contributed by atoms with Crippen molar-refractivity contribution in [2.75, 3.05) is 24.6 Å². The summed E-state index contributed by atoms with van der Waals surface area (Å²) in [7, 11) is 0. The van der Waals surface area contributed by atoms with Crippen LogP contribution in [0.2, 0.25) is 0 Å². The number of nitrogens with two attached hydrogens (primary N) is 1. The summed E-state index contributed by atoms with van der Waals surface area (Å²) in [5.74, 6) is -0.344. The Kier molecular flexibility index (Phi) is 10.7. The number of thioether (sulfide) groups is 1. The van der Waals surface area contributed by atoms with Gasteiger partial charge in [0.05, 0.1) is 5.75 Å². The number of hydrogen-bond donors (Lipinski definition) is 2. The predicted octanol–water partition coefficient (Wildman–Crippen LogP) is 1.56. The summed E-state index contributed by atoms with van der Waals surface area (Å²) < 4.78 is 0. The molecule has 0 aliphatic carbocycles. The Bertz CT molecular complexity index is 267. The summed E-state index contributed by atoms with van der Waals surface area (Å²) in [4.78, 5) is 24.5. The lowest BCUT2D eigenvalue weighted by Gasteiger charge is -2.22. The van der Waals surface area contributed by atoms with Crippen molar-refractivity contribution in [3.8, 4) is 0 Å². The summed E-state index contributed by atoms with van der Waals surface area (Å²) in [6, 6.07) is -0.891. The van der Waals surface area contributed by atoms with Crippen molar-refractivity contribution < 1.29 is 14.7 Å². The zero-order valence-electron chi connectivity index (χ0n) is 11.9. The molecule has 0 unspecified atom stereocenters. The molecule has 0 saturated carbocycles. The van der Waals surface area contributed by atoms with Crippen LogP contribution in [0.4, 0.5) is 0 Å². The lowest BCUT2D eigenvalue weighted by molar-refractivity contribution is -0.138. The Balaban J connectivity index is 4.04. The van der Waals surface area contributed by atoms with Gasteiger partial charge in [0.15, 0.2) is 0 Å². The van der Waals surface area contributed by atoms with E-state index in [-0.39, 0.29) is 11.7 Å². The number of aliphatic carboxylic acids is 1. The highest BCUT2D eigenvalue weighted by molar-refractivity contribution is 8.00. The number of rotatable bonds is 11. The minimum atomic E-state index is -1.02. The van der Waals surface area contributed by atoms with Crippen LogP contribution in [0.15, 0.2) is 0 Å². The van der Waals surface area contributed by atoms with Crippen LogP contribution >= 0.6 is 11.8 Å². The van der Waals surface area contributed by atoms with Gasteiger partial charge in [-0.3, -0.25) is 9.59 Å². The van der Waals surface area contributed by atoms with E-state index in [2.05, 4.69) is 13.8 Å². The molecule has 5 nitrogen and oxygen atoms in total. The van der Waals surface area contributed by atoms with E-state index < -0.39 is 12.0 Å². The largest absolute Gasteiger partial charge is 0.480 e. The van der Waals surface area contributed by atoms with Crippen LogP contribution in [0.1, 0.15) is 39.5 Å². The quantitative estimate of drug-likeness (QED) is 0.603. The van der Waals surface area contributed by atoms with Gasteiger partial charge in [0.2, 0.25) is 5.91 Å². The van der Waals surface area contributed by atoms with Crippen molar-refractivity contribution in [1.29, 1.82) is 0 Å². The van der Waals surface area contributed by atoms with Gasteiger partial charge in [-0.1, -0.05) is 26.7 Å². The molecule has 0 heterocycles. The molecule has 0 spiro atoms. The maximum absolute atomic E-state index is 12.0. The highest BCUT2D eigenvalue weighted by atomic mass is 32.2. The zero-order chi connectivity index (χ0) is 14.7. The molecule has 0 bridgehead atoms. The zero-order valence-corrected chi connectivity index (χ0v) is 12.7. The van der Waals surface area contributed by atoms with Crippen LogP contribution in [-0.2, 0) is 9.59 Å². The summed E-state index contributed by atoms with van der Waals surface area (Å²) >= 11 is 1.30. The lowest BCUT2D eigenvalue weighted by atomic mass is 10.2. The summed E-state index contributed by atoms with van der Waals surface area (Å²) in [6.45, 7) is 5.79. The van der Waals surface area contributed by atoms with Gasteiger partial charge >= 0.3 is 5.97 Å². The van der Waals surface area contributed by atoms with Crippen molar-refractivity contribution >= 4 is 23.6 Å². The van der Waals surface area contributed by atoms with E-state index in [1.54, 1.807) is 0 Å². The SMILES string of the molecule is CCCCN(CCCC)C(=O)CSC[C@H](N)C(=O)O. The van der Waals surface area contributed by atoms with Crippen LogP contribution in [0, 0.1) is 0 Å². The molecule has 0 aromatic carbocycles. The topological polar surface area (TPSA) is 83.6 Å². The molecule has 0 aliphatic rings. The predicted molar refractivity (Wildman–Crippen MR) is 79.3 cm³/mol. The molecule has 3 N–H and O–H groups in total. The van der Waals surface area contributed by atoms with E-state index in [9.17, 15) is 9.59 Å². The number of unbranched alkanes of at least 4 members (excludes halogenated alkanes) is 2. The molecule has 0 radical (unpaired) electrons. The van der Waals surface area contributed by atoms with Crippen LogP contribution < -0.4 is 5.73 Å². The van der Waals surface area contributed by atoms with E-state index in [4.69, 9.17) is 10.8 Å². The minimum Gasteiger partial charge on any atom is -0.480 e. The van der Waals surface area contributed by atoms with Crippen LogP contribution in [0.3, 0.4) is 0 Å². The third kappa shape index (κ3) is 8.88. The first kappa shape index (κ1) is 18.2. The summed E-state index contributed by atoms with van der Waals surface area (Å²) in [5, 5.41) is 8.66. The molecule has 0 aromatic heterocycles. The van der Waals surface area contributed by atoms with Crippen molar-refractivity contribution in [3.63, 3.8) is 0 Å². The van der Waals surface area contributed by atoms with Crippen LogP contribution in [0.5, 0.6) is 0 Å². The van der Waals surface area contributed by atoms with E-state index in [0.29, 0.717) is 5.75 Å². The smallest absolute Gasteiger partial charge is 0.321 e. The Hall–Kier alpha value is -0.750. The Morgan fingerprint density at radius 3 is 2.16 bits per heavy atom. The second-order valence-electron chi connectivity index (χ2n) is 4.55. The fourth-order valence-corrected chi connectivity index (χ4v) is 2.37. The highest BCUT2D eigenvalue weighted by Crippen LogP contribution is 2.07. The maximum atomic E-state index is 12.0. The van der Waals surface area contributed by atoms with Gasteiger partial charge in [0.25, 0.3) is 0 Å². The monoisotopic (exact) mass is 290 g/mol. The number of carboxylic acids is 1. The first-order chi connectivity index (χ1) is 9.02. The third-order valence-corrected chi connectivity index (χ3v) is 3.80. The first-order valence-electron chi connectivity index (χ1n) is 6.86. The highest BCUT2D eigenvalue weighted by Gasteiger charge is 2.15. The van der Waals surface area contributed by atoms with Crippen molar-refractivity contribution in [2.24, 2.45) is 5.73 Å². The number of amides is 1. The normalized spacial score (nSPS) is 12.2. The van der Waals surface area contributed by atoms with Gasteiger partial charge in [0.1, 0.15) is 6.04 Å². The average molecular weight is 290 g/mol. The van der Waals surface area contributed by atoms with E-state index in [0.717, 1.165) is 38.8 Å². The number of hydrogen-bond acceptors (Lipinski definition) is 4. The average Bonchev–Trinajstić information content (AvgIpc) is 2.38. The van der Waals surface area contributed by atoms with Gasteiger partial charge < -0.3 is 15.7 Å². The molecular weight excluding hydrogens is 264 g/mol. The molecule has 0 saturated heterocycles. The standard InChI is InChI=1S/C13H26N2O3S/c1-3-5-7-15(8-6-4-2)12(16)10-19-9-11(14)13(17)18/h11H,3-10,14H2,1-2H3,(H,17,18)/t11-/m0/s1. The molecule has 6 heteroatoms. The lowest BCUT2D eigenvalue weighted by Crippen LogP contribution is -2.36. The van der Waals surface area contributed by atoms with Gasteiger partial charge in [-0.05, 0) is 12.8 Å². The Morgan fingerprint density at radius 1 is 1.21 bits per heavy atom. The molecule has 0 aliphatic heterocycles. The van der Waals surface area contributed by atoms with Crippen LogP contribution in [0.25, 0.3) is 0 Å². The second-order valence-corrected chi connectivity index (χ2v) is 5.58. The van der Waals surface area contributed by atoms with Crippen molar-refractivity contribution in [3.05, 3.63) is 0 Å². The van der Waals surface area contributed by atoms with Gasteiger partial charge in [-0.2, -0.15) is 0 Å². The minimum absolute atomic E-state index is 0.0875. The first-order valence-corrected chi connectivity index (χ1v) is 8.02. The molecule has 19 heavy (non-hydrogen) atoms. The van der Waals surface area contributed by atoms with Crippen molar-refractivity contribution in [1.82, 2.24) is 4.90 Å². The number of nitrogens with zero attached hydrogens (tertiary/aromatic N) is 1. The molecule has 0 rings (SSSR count). The van der Waals surface area contributed by atoms with E-state index >= 15 is 0 Å². The molecule has 1 atom stereocenters. The summed E-state index contributed by atoms with van der Waals surface area (Å²) in [5.41, 5.74) is 5.39. The van der Waals surface area contributed by atoms with Crippen molar-refractivity contribution in [2.45, 2.75) is 45.6 Å². The Labute approximate surface area is 119 Å². The van der Waals surface area contributed by atoms with Gasteiger partial charge in [0, 0.05) is 18.8 Å². The fraction of sp³-hybridized carbons (Fsp3) is 0.846. The third-order valence-electron chi connectivity index (χ3n) is 2.76. The van der Waals surface area contributed by atoms with Gasteiger partial charge in [-0.25, -0.2) is 0 Å². The number of carboxylic acid groups (broad SMARTS) is 1. The maximum Gasteiger partial charge on any atom is 0.321 e. The number of carbonyl (C=O) groups excluding carboxylic acids is 1.